The second-order valence-corrected chi connectivity index (χ2v) is 2.42. The van der Waals surface area contributed by atoms with Crippen LogP contribution in [-0.2, 0) is 0 Å². The average molecular weight is 160 g/mol. The molecule has 1 aromatic carbocycles. The summed E-state index contributed by atoms with van der Waals surface area (Å²) in [6, 6.07) is 9.64. The normalized spacial score (nSPS) is 9.33. The van der Waals surface area contributed by atoms with E-state index in [0.29, 0.717) is 0 Å². The minimum Gasteiger partial charge on any atom is -0.398 e. The van der Waals surface area contributed by atoms with Gasteiger partial charge in [0.1, 0.15) is 0 Å². The first-order valence-corrected chi connectivity index (χ1v) is 3.47. The van der Waals surface area contributed by atoms with Crippen molar-refractivity contribution in [2.24, 2.45) is 0 Å². The summed E-state index contributed by atoms with van der Waals surface area (Å²) < 4.78 is 0. The Morgan fingerprint density at radius 2 is 1.83 bits per heavy atom. The maximum absolute atomic E-state index is 5.72. The monoisotopic (exact) mass is 160 g/mol. The van der Waals surface area contributed by atoms with Gasteiger partial charge < -0.3 is 5.73 Å². The van der Waals surface area contributed by atoms with Gasteiger partial charge in [-0.05, 0) is 12.1 Å². The molecular formula is C10H12N2. The van der Waals surface area contributed by atoms with Gasteiger partial charge in [0.25, 0.3) is 0 Å². The van der Waals surface area contributed by atoms with Crippen LogP contribution in [0.5, 0.6) is 0 Å². The van der Waals surface area contributed by atoms with Crippen LogP contribution in [0, 0.1) is 0 Å². The number of anilines is 1. The van der Waals surface area contributed by atoms with Gasteiger partial charge in [0, 0.05) is 17.3 Å². The first-order chi connectivity index (χ1) is 5.38. The predicted octanol–water partition coefficient (Wildman–Crippen LogP) is 2.45. The molecule has 2 aromatic rings. The van der Waals surface area contributed by atoms with Gasteiger partial charge in [-0.3, -0.25) is 4.98 Å². The van der Waals surface area contributed by atoms with Crippen LogP contribution in [0.25, 0.3) is 10.9 Å². The molecular weight excluding hydrogens is 148 g/mol. The highest BCUT2D eigenvalue weighted by molar-refractivity contribution is 5.89. The summed E-state index contributed by atoms with van der Waals surface area (Å²) in [5, 5.41) is 1.02. The maximum atomic E-state index is 5.72. The van der Waals surface area contributed by atoms with E-state index >= 15 is 0 Å². The van der Waals surface area contributed by atoms with Gasteiger partial charge in [-0.25, -0.2) is 0 Å². The van der Waals surface area contributed by atoms with Crippen LogP contribution in [0.1, 0.15) is 7.43 Å². The van der Waals surface area contributed by atoms with E-state index in [0.717, 1.165) is 16.6 Å². The van der Waals surface area contributed by atoms with Crippen LogP contribution < -0.4 is 5.73 Å². The van der Waals surface area contributed by atoms with E-state index in [1.807, 2.05) is 30.3 Å². The molecule has 62 valence electrons. The van der Waals surface area contributed by atoms with Gasteiger partial charge in [-0.2, -0.15) is 0 Å². The molecule has 0 amide bonds. The fourth-order valence-corrected chi connectivity index (χ4v) is 1.12. The number of benzene rings is 1. The van der Waals surface area contributed by atoms with Crippen molar-refractivity contribution in [1.82, 2.24) is 4.98 Å². The van der Waals surface area contributed by atoms with E-state index in [4.69, 9.17) is 5.73 Å². The smallest absolute Gasteiger partial charge is 0.0722 e. The lowest BCUT2D eigenvalue weighted by atomic mass is 10.2. The lowest BCUT2D eigenvalue weighted by Crippen LogP contribution is -1.87. The molecule has 0 aliphatic rings. The topological polar surface area (TPSA) is 38.9 Å². The fraction of sp³-hybridized carbons (Fsp3) is 0.100. The second-order valence-electron chi connectivity index (χ2n) is 2.42. The molecule has 2 N–H and O–H groups in total. The van der Waals surface area contributed by atoms with Crippen LogP contribution in [0.2, 0.25) is 0 Å². The minimum absolute atomic E-state index is 0. The maximum Gasteiger partial charge on any atom is 0.0722 e. The number of nitrogens with two attached hydrogens (primary N) is 1. The molecule has 0 aliphatic carbocycles. The van der Waals surface area contributed by atoms with Gasteiger partial charge in [0.2, 0.25) is 0 Å². The third-order valence-corrected chi connectivity index (χ3v) is 1.68. The van der Waals surface area contributed by atoms with Crippen molar-refractivity contribution in [2.45, 2.75) is 7.43 Å². The van der Waals surface area contributed by atoms with E-state index in [1.54, 1.807) is 6.20 Å². The number of hydrogen-bond acceptors (Lipinski definition) is 2. The van der Waals surface area contributed by atoms with Gasteiger partial charge in [-0.1, -0.05) is 25.6 Å². The summed E-state index contributed by atoms with van der Waals surface area (Å²) in [5.74, 6) is 0. The predicted molar refractivity (Wildman–Crippen MR) is 52.9 cm³/mol. The Hall–Kier alpha value is -1.57. The number of fused-ring (bicyclic) bond motifs is 1. The third kappa shape index (κ3) is 1.23. The Morgan fingerprint density at radius 3 is 2.58 bits per heavy atom. The van der Waals surface area contributed by atoms with E-state index in [1.165, 1.54) is 0 Å². The molecule has 0 spiro atoms. The van der Waals surface area contributed by atoms with E-state index < -0.39 is 0 Å². The lowest BCUT2D eigenvalue weighted by Gasteiger charge is -1.97. The van der Waals surface area contributed by atoms with Gasteiger partial charge >= 0.3 is 0 Å². The van der Waals surface area contributed by atoms with Crippen LogP contribution in [0.3, 0.4) is 0 Å². The molecule has 2 nitrogen and oxygen atoms in total. The number of para-hydroxylation sites is 1. The Morgan fingerprint density at radius 1 is 1.08 bits per heavy atom. The number of pyridine rings is 1. The molecule has 0 atom stereocenters. The second kappa shape index (κ2) is 3.22. The van der Waals surface area contributed by atoms with Crippen molar-refractivity contribution in [3.8, 4) is 0 Å². The lowest BCUT2D eigenvalue weighted by molar-refractivity contribution is 1.41. The molecule has 2 heteroatoms. The molecule has 0 saturated heterocycles. The minimum atomic E-state index is 0. The quantitative estimate of drug-likeness (QED) is 0.643. The van der Waals surface area contributed by atoms with Crippen LogP contribution in [0.15, 0.2) is 36.5 Å². The van der Waals surface area contributed by atoms with E-state index in [2.05, 4.69) is 4.98 Å². The van der Waals surface area contributed by atoms with Gasteiger partial charge in [0.15, 0.2) is 0 Å². The summed E-state index contributed by atoms with van der Waals surface area (Å²) in [5.41, 5.74) is 7.46. The molecule has 0 aliphatic heterocycles. The average Bonchev–Trinajstić information content (AvgIpc) is 2.06. The molecule has 12 heavy (non-hydrogen) atoms. The molecule has 2 rings (SSSR count). The van der Waals surface area contributed by atoms with Crippen molar-refractivity contribution in [2.75, 3.05) is 5.73 Å². The molecule has 1 aromatic heterocycles. The van der Waals surface area contributed by atoms with Crippen LogP contribution in [-0.4, -0.2) is 4.98 Å². The molecule has 1 heterocycles. The highest BCUT2D eigenvalue weighted by atomic mass is 14.7. The Bertz CT molecular complexity index is 377. The van der Waals surface area contributed by atoms with E-state index in [-0.39, 0.29) is 7.43 Å². The van der Waals surface area contributed by atoms with Crippen molar-refractivity contribution in [3.05, 3.63) is 36.5 Å². The first kappa shape index (κ1) is 8.53. The van der Waals surface area contributed by atoms with Crippen molar-refractivity contribution >= 4 is 16.6 Å². The summed E-state index contributed by atoms with van der Waals surface area (Å²) in [4.78, 5) is 4.16. The summed E-state index contributed by atoms with van der Waals surface area (Å²) in [7, 11) is 0. The summed E-state index contributed by atoms with van der Waals surface area (Å²) in [6.45, 7) is 0. The Balaban J connectivity index is 0.000000720. The number of hydrogen-bond donors (Lipinski definition) is 1. The third-order valence-electron chi connectivity index (χ3n) is 1.68. The van der Waals surface area contributed by atoms with Gasteiger partial charge in [0.05, 0.1) is 5.52 Å². The first-order valence-electron chi connectivity index (χ1n) is 3.47. The molecule has 0 saturated carbocycles. The zero-order valence-corrected chi connectivity index (χ0v) is 5.99. The van der Waals surface area contributed by atoms with E-state index in [9.17, 15) is 0 Å². The number of rotatable bonds is 0. The van der Waals surface area contributed by atoms with Crippen molar-refractivity contribution in [3.63, 3.8) is 0 Å². The number of nitrogen functional groups attached to an aromatic ring is 1. The fourth-order valence-electron chi connectivity index (χ4n) is 1.12. The Kier molecular flexibility index (Phi) is 2.29. The number of nitrogens with zero attached hydrogens (tertiary/aromatic N) is 1. The Labute approximate surface area is 72.0 Å². The largest absolute Gasteiger partial charge is 0.398 e. The SMILES string of the molecule is C.Nc1ccnc2ccccc12. The molecule has 0 unspecified atom stereocenters. The molecule has 0 bridgehead atoms. The molecule has 0 fully saturated rings. The number of aromatic nitrogens is 1. The van der Waals surface area contributed by atoms with Crippen molar-refractivity contribution < 1.29 is 0 Å². The zero-order valence-electron chi connectivity index (χ0n) is 5.99. The highest BCUT2D eigenvalue weighted by Gasteiger charge is 1.94. The summed E-state index contributed by atoms with van der Waals surface area (Å²) >= 11 is 0. The van der Waals surface area contributed by atoms with Gasteiger partial charge in [-0.15, -0.1) is 0 Å². The molecule has 0 radical (unpaired) electrons. The van der Waals surface area contributed by atoms with Crippen LogP contribution in [0.4, 0.5) is 5.69 Å². The zero-order chi connectivity index (χ0) is 7.68. The standard InChI is InChI=1S/C9H8N2.CH4/c10-8-5-6-11-9-4-2-1-3-7(8)9;/h1-6H,(H2,10,11);1H4. The van der Waals surface area contributed by atoms with Crippen LogP contribution >= 0.6 is 0 Å². The highest BCUT2D eigenvalue weighted by Crippen LogP contribution is 2.16. The summed E-state index contributed by atoms with van der Waals surface area (Å²) in [6.07, 6.45) is 1.72. The van der Waals surface area contributed by atoms with Crippen molar-refractivity contribution in [1.29, 1.82) is 0 Å².